The molecule has 204 valence electrons. The normalized spacial score (nSPS) is 26.7. The van der Waals surface area contributed by atoms with Crippen LogP contribution in [0.3, 0.4) is 0 Å². The summed E-state index contributed by atoms with van der Waals surface area (Å²) < 4.78 is 60.6. The molecule has 3 rings (SSSR count). The van der Waals surface area contributed by atoms with Crippen molar-refractivity contribution in [1.29, 1.82) is 0 Å². The SMILES string of the molecule is CC(C)(C)COP(=O)(O)OP(=O)(O)OC[C@H]1O[C@@H](n2cnc3c(N)ncnc32)[C@H](O)[C@@H]1OP(=O)(O)O. The number of hydrogen-bond acceptors (Lipinski definition) is 13. The number of phosphoric ester groups is 3. The zero-order chi connectivity index (χ0) is 27.1. The highest BCUT2D eigenvalue weighted by Crippen LogP contribution is 2.61. The summed E-state index contributed by atoms with van der Waals surface area (Å²) in [5.41, 5.74) is 5.38. The van der Waals surface area contributed by atoms with Crippen molar-refractivity contribution in [2.75, 3.05) is 18.9 Å². The second kappa shape index (κ2) is 10.4. The molecule has 7 N–H and O–H groups in total. The van der Waals surface area contributed by atoms with Crippen molar-refractivity contribution in [3.63, 3.8) is 0 Å². The fourth-order valence-corrected chi connectivity index (χ4v) is 5.93. The van der Waals surface area contributed by atoms with Crippen LogP contribution < -0.4 is 5.73 Å². The van der Waals surface area contributed by atoms with Gasteiger partial charge in [-0.25, -0.2) is 28.6 Å². The van der Waals surface area contributed by atoms with Crippen molar-refractivity contribution in [2.45, 2.75) is 45.3 Å². The van der Waals surface area contributed by atoms with Gasteiger partial charge in [0.05, 0.1) is 19.5 Å². The maximum absolute atomic E-state index is 12.2. The van der Waals surface area contributed by atoms with E-state index in [1.54, 1.807) is 20.8 Å². The van der Waals surface area contributed by atoms with Crippen LogP contribution in [0.1, 0.15) is 27.0 Å². The Kier molecular flexibility index (Phi) is 8.45. The zero-order valence-corrected chi connectivity index (χ0v) is 21.8. The van der Waals surface area contributed by atoms with Gasteiger partial charge in [0.2, 0.25) is 0 Å². The third-order valence-corrected chi connectivity index (χ3v) is 7.60. The topological polar surface area (TPSA) is 268 Å². The number of nitrogens with two attached hydrogens (primary N) is 1. The standard InChI is InChI=1S/C15H26N5O13P3/c1-15(2,3)5-30-36(27,28)33-35(25,26)29-4-8-11(32-34(22,23)24)10(21)14(31-8)20-7-19-9-12(16)17-6-18-13(9)20/h6-8,10-11,14,21H,4-5H2,1-3H3,(H,25,26)(H,27,28)(H2,16,17,18)(H2,22,23,24)/t8-,10-,11-,14-/m1/s1. The van der Waals surface area contributed by atoms with Crippen molar-refractivity contribution in [3.05, 3.63) is 12.7 Å². The molecule has 1 saturated heterocycles. The highest BCUT2D eigenvalue weighted by atomic mass is 31.3. The van der Waals surface area contributed by atoms with Crippen molar-refractivity contribution in [3.8, 4) is 0 Å². The molecule has 2 aromatic heterocycles. The summed E-state index contributed by atoms with van der Waals surface area (Å²) in [4.78, 5) is 49.9. The lowest BCUT2D eigenvalue weighted by Crippen LogP contribution is -2.35. The van der Waals surface area contributed by atoms with Crippen LogP contribution >= 0.6 is 23.5 Å². The molecule has 0 aromatic carbocycles. The number of nitrogens with zero attached hydrogens (tertiary/aromatic N) is 4. The number of aromatic nitrogens is 4. The smallest absolute Gasteiger partial charge is 0.386 e. The first-order valence-corrected chi connectivity index (χ1v) is 14.6. The second-order valence-electron chi connectivity index (χ2n) is 8.85. The van der Waals surface area contributed by atoms with Crippen LogP contribution in [0.2, 0.25) is 0 Å². The van der Waals surface area contributed by atoms with Crippen molar-refractivity contribution in [1.82, 2.24) is 19.5 Å². The monoisotopic (exact) mass is 577 g/mol. The molecule has 2 unspecified atom stereocenters. The van der Waals surface area contributed by atoms with Gasteiger partial charge in [-0.2, -0.15) is 4.31 Å². The minimum atomic E-state index is -5.28. The van der Waals surface area contributed by atoms with Crippen molar-refractivity contribution < 1.29 is 61.0 Å². The summed E-state index contributed by atoms with van der Waals surface area (Å²) >= 11 is 0. The quantitative estimate of drug-likeness (QED) is 0.209. The summed E-state index contributed by atoms with van der Waals surface area (Å²) in [6, 6.07) is 0. The van der Waals surface area contributed by atoms with Crippen LogP contribution in [0.5, 0.6) is 0 Å². The van der Waals surface area contributed by atoms with E-state index >= 15 is 0 Å². The van der Waals surface area contributed by atoms with Crippen LogP contribution in [0.15, 0.2) is 12.7 Å². The lowest BCUT2D eigenvalue weighted by atomic mass is 9.99. The highest BCUT2D eigenvalue weighted by molar-refractivity contribution is 7.61. The van der Waals surface area contributed by atoms with E-state index in [0.29, 0.717) is 0 Å². The second-order valence-corrected chi connectivity index (χ2v) is 13.1. The molecule has 0 bridgehead atoms. The molecule has 1 aliphatic rings. The number of hydrogen-bond donors (Lipinski definition) is 6. The van der Waals surface area contributed by atoms with Crippen LogP contribution in [-0.2, 0) is 36.3 Å². The van der Waals surface area contributed by atoms with E-state index in [0.717, 1.165) is 12.7 Å². The number of nitrogen functional groups attached to an aromatic ring is 1. The molecule has 6 atom stereocenters. The van der Waals surface area contributed by atoms with E-state index < -0.39 is 60.0 Å². The van der Waals surface area contributed by atoms with Gasteiger partial charge in [0.25, 0.3) is 0 Å². The molecule has 36 heavy (non-hydrogen) atoms. The van der Waals surface area contributed by atoms with Crippen molar-refractivity contribution >= 4 is 40.4 Å². The molecule has 1 aliphatic heterocycles. The van der Waals surface area contributed by atoms with E-state index in [2.05, 4.69) is 32.8 Å². The highest BCUT2D eigenvalue weighted by Gasteiger charge is 2.50. The lowest BCUT2D eigenvalue weighted by molar-refractivity contribution is -0.0502. The van der Waals surface area contributed by atoms with Crippen LogP contribution in [0, 0.1) is 5.41 Å². The summed E-state index contributed by atoms with van der Waals surface area (Å²) in [6.45, 7) is 3.74. The first-order valence-electron chi connectivity index (χ1n) is 10.0. The van der Waals surface area contributed by atoms with Gasteiger partial charge < -0.3 is 35.2 Å². The Labute approximate surface area is 203 Å². The number of phosphoric acid groups is 3. The third-order valence-electron chi connectivity index (χ3n) is 4.50. The molecule has 21 heteroatoms. The van der Waals surface area contributed by atoms with E-state index in [4.69, 9.17) is 10.5 Å². The van der Waals surface area contributed by atoms with Crippen LogP contribution in [0.25, 0.3) is 11.2 Å². The van der Waals surface area contributed by atoms with Gasteiger partial charge in [0, 0.05) is 0 Å². The molecule has 3 heterocycles. The molecule has 2 aromatic rings. The van der Waals surface area contributed by atoms with Gasteiger partial charge in [0.1, 0.15) is 30.2 Å². The maximum atomic E-state index is 12.2. The molecule has 18 nitrogen and oxygen atoms in total. The largest absolute Gasteiger partial charge is 0.481 e. The zero-order valence-electron chi connectivity index (χ0n) is 19.1. The molecule has 1 fully saturated rings. The molecule has 0 radical (unpaired) electrons. The molecule has 0 spiro atoms. The fourth-order valence-electron chi connectivity index (χ4n) is 3.05. The van der Waals surface area contributed by atoms with E-state index in [1.807, 2.05) is 0 Å². The number of ether oxygens (including phenoxy) is 1. The molecular weight excluding hydrogens is 551 g/mol. The Balaban J connectivity index is 1.78. The third kappa shape index (κ3) is 7.58. The summed E-state index contributed by atoms with van der Waals surface area (Å²) in [5, 5.41) is 10.7. The number of fused-ring (bicyclic) bond motifs is 1. The number of aliphatic hydroxyl groups excluding tert-OH is 1. The number of anilines is 1. The molecule has 0 aliphatic carbocycles. The minimum absolute atomic E-state index is 0.00891. The van der Waals surface area contributed by atoms with Gasteiger partial charge >= 0.3 is 23.5 Å². The van der Waals surface area contributed by atoms with Gasteiger partial charge in [-0.15, -0.1) is 0 Å². The lowest BCUT2D eigenvalue weighted by Gasteiger charge is -2.23. The van der Waals surface area contributed by atoms with Crippen molar-refractivity contribution in [2.24, 2.45) is 5.41 Å². The Morgan fingerprint density at radius 1 is 1.08 bits per heavy atom. The predicted octanol–water partition coefficient (Wildman–Crippen LogP) is 0.441. The van der Waals surface area contributed by atoms with Gasteiger partial charge in [-0.1, -0.05) is 20.8 Å². The Hall–Kier alpha value is -1.36. The van der Waals surface area contributed by atoms with E-state index in [-0.39, 0.29) is 23.6 Å². The number of aliphatic hydroxyl groups is 1. The number of rotatable bonds is 10. The fraction of sp³-hybridized carbons (Fsp3) is 0.667. The van der Waals surface area contributed by atoms with E-state index in [9.17, 15) is 38.4 Å². The maximum Gasteiger partial charge on any atom is 0.481 e. The Bertz CT molecular complexity index is 1230. The summed E-state index contributed by atoms with van der Waals surface area (Å²) in [7, 11) is -15.5. The Morgan fingerprint density at radius 2 is 1.72 bits per heavy atom. The molecular formula is C15H26N5O13P3. The first kappa shape index (κ1) is 29.2. The van der Waals surface area contributed by atoms with Crippen LogP contribution in [0.4, 0.5) is 5.82 Å². The average Bonchev–Trinajstić information content (AvgIpc) is 3.26. The molecule has 0 amide bonds. The van der Waals surface area contributed by atoms with Crippen LogP contribution in [-0.4, -0.2) is 75.7 Å². The van der Waals surface area contributed by atoms with Gasteiger partial charge in [0.15, 0.2) is 17.7 Å². The molecule has 0 saturated carbocycles. The first-order chi connectivity index (χ1) is 16.4. The summed E-state index contributed by atoms with van der Waals surface area (Å²) in [6.07, 6.45) is -4.33. The average molecular weight is 577 g/mol. The number of imidazole rings is 1. The van der Waals surface area contributed by atoms with Gasteiger partial charge in [-0.3, -0.25) is 18.1 Å². The summed E-state index contributed by atoms with van der Waals surface area (Å²) in [5.74, 6) is 0.00891. The predicted molar refractivity (Wildman–Crippen MR) is 119 cm³/mol. The Morgan fingerprint density at radius 3 is 2.33 bits per heavy atom. The van der Waals surface area contributed by atoms with Gasteiger partial charge in [-0.05, 0) is 5.41 Å². The van der Waals surface area contributed by atoms with E-state index in [1.165, 1.54) is 4.57 Å². The minimum Gasteiger partial charge on any atom is -0.386 e.